The fraction of sp³-hybridized carbons (Fsp3) is 0.920. The van der Waals surface area contributed by atoms with E-state index in [1.54, 1.807) is 0 Å². The third kappa shape index (κ3) is 9.82. The molecule has 21 nitrogen and oxygen atoms in total. The second-order valence-corrected chi connectivity index (χ2v) is 10.8. The maximum absolute atomic E-state index is 11.8. The predicted octanol–water partition coefficient (Wildman–Crippen LogP) is -6.96. The SMILES string of the molecule is O=C(O)CCCOC(=O)NCCO[C@@H]1O[C@H](CO[C@H]2O[C@H](CO)[C@@H](O)[C@H](O)[C@@H]2O)[C@@H](O)[C@H](O[C@H]2O[C@H](CO)[C@@H](O)[C@H](O)[C@@H]2O)[C@@H]1O. The van der Waals surface area contributed by atoms with Crippen molar-refractivity contribution in [2.45, 2.75) is 105 Å². The summed E-state index contributed by atoms with van der Waals surface area (Å²) < 4.78 is 37.5. The maximum Gasteiger partial charge on any atom is 0.407 e. The number of carbonyl (C=O) groups excluding carboxylic acids is 1. The van der Waals surface area contributed by atoms with E-state index in [-0.39, 0.29) is 32.6 Å². The molecule has 0 bridgehead atoms. The molecule has 268 valence electrons. The number of nitrogens with one attached hydrogen (secondary N) is 1. The van der Waals surface area contributed by atoms with E-state index >= 15 is 0 Å². The number of aliphatic carboxylic acids is 1. The van der Waals surface area contributed by atoms with Crippen LogP contribution in [0.5, 0.6) is 0 Å². The smallest absolute Gasteiger partial charge is 0.407 e. The number of rotatable bonds is 15. The van der Waals surface area contributed by atoms with Gasteiger partial charge < -0.3 is 94.6 Å². The van der Waals surface area contributed by atoms with Gasteiger partial charge in [0.25, 0.3) is 0 Å². The number of hydrogen-bond acceptors (Lipinski definition) is 19. The van der Waals surface area contributed by atoms with Gasteiger partial charge in [0.1, 0.15) is 73.2 Å². The van der Waals surface area contributed by atoms with Crippen molar-refractivity contribution in [1.29, 1.82) is 0 Å². The van der Waals surface area contributed by atoms with Gasteiger partial charge >= 0.3 is 12.1 Å². The van der Waals surface area contributed by atoms with Crippen LogP contribution in [0.4, 0.5) is 4.79 Å². The molecule has 1 amide bonds. The minimum absolute atomic E-state index is 0.0894. The van der Waals surface area contributed by atoms with Gasteiger partial charge in [-0.25, -0.2) is 4.79 Å². The number of alkyl carbamates (subject to hydrolysis) is 1. The number of hydrogen-bond donors (Lipinski definition) is 12. The van der Waals surface area contributed by atoms with Crippen LogP contribution in [0.1, 0.15) is 12.8 Å². The lowest BCUT2D eigenvalue weighted by Crippen LogP contribution is -2.65. The molecule has 3 aliphatic rings. The van der Waals surface area contributed by atoms with E-state index in [1.165, 1.54) is 0 Å². The normalized spacial score (nSPS) is 41.6. The average Bonchev–Trinajstić information content (AvgIpc) is 3.03. The molecular weight excluding hydrogens is 634 g/mol. The molecule has 3 heterocycles. The highest BCUT2D eigenvalue weighted by Gasteiger charge is 2.52. The van der Waals surface area contributed by atoms with E-state index < -0.39 is 124 Å². The van der Waals surface area contributed by atoms with Crippen LogP contribution < -0.4 is 5.32 Å². The minimum atomic E-state index is -1.91. The van der Waals surface area contributed by atoms with Gasteiger partial charge in [-0.3, -0.25) is 4.79 Å². The fourth-order valence-electron chi connectivity index (χ4n) is 4.84. The summed E-state index contributed by atoms with van der Waals surface area (Å²) in [5, 5.41) is 113. The second kappa shape index (κ2) is 18.0. The van der Waals surface area contributed by atoms with Crippen molar-refractivity contribution in [3.05, 3.63) is 0 Å². The van der Waals surface area contributed by atoms with Gasteiger partial charge in [0.05, 0.1) is 33.0 Å². The zero-order valence-electron chi connectivity index (χ0n) is 24.4. The van der Waals surface area contributed by atoms with Crippen molar-refractivity contribution in [3.63, 3.8) is 0 Å². The molecule has 0 aromatic carbocycles. The van der Waals surface area contributed by atoms with E-state index in [2.05, 4.69) is 5.32 Å². The number of carboxylic acid groups (broad SMARTS) is 1. The number of aliphatic hydroxyl groups excluding tert-OH is 10. The van der Waals surface area contributed by atoms with Crippen LogP contribution in [-0.2, 0) is 38.0 Å². The van der Waals surface area contributed by atoms with Crippen LogP contribution in [0.2, 0.25) is 0 Å². The van der Waals surface area contributed by atoms with Crippen molar-refractivity contribution >= 4 is 12.1 Å². The molecule has 3 fully saturated rings. The zero-order valence-corrected chi connectivity index (χ0v) is 24.4. The predicted molar refractivity (Wildman–Crippen MR) is 141 cm³/mol. The Bertz CT molecular complexity index is 943. The summed E-state index contributed by atoms with van der Waals surface area (Å²) in [6, 6.07) is 0. The molecule has 15 atom stereocenters. The first-order valence-corrected chi connectivity index (χ1v) is 14.4. The summed E-state index contributed by atoms with van der Waals surface area (Å²) in [6.45, 7) is -2.86. The lowest BCUT2D eigenvalue weighted by atomic mass is 9.96. The molecule has 3 aliphatic heterocycles. The summed E-state index contributed by atoms with van der Waals surface area (Å²) in [4.78, 5) is 22.3. The molecule has 3 rings (SSSR count). The first-order valence-electron chi connectivity index (χ1n) is 14.4. The largest absolute Gasteiger partial charge is 0.481 e. The molecule has 0 saturated carbocycles. The highest BCUT2D eigenvalue weighted by atomic mass is 16.7. The Morgan fingerprint density at radius 1 is 0.630 bits per heavy atom. The van der Waals surface area contributed by atoms with Gasteiger partial charge in [0, 0.05) is 13.0 Å². The van der Waals surface area contributed by atoms with Crippen LogP contribution in [0, 0.1) is 0 Å². The highest BCUT2D eigenvalue weighted by molar-refractivity contribution is 5.67. The first kappa shape index (κ1) is 38.5. The summed E-state index contributed by atoms with van der Waals surface area (Å²) >= 11 is 0. The third-order valence-electron chi connectivity index (χ3n) is 7.48. The first-order chi connectivity index (χ1) is 21.8. The number of carboxylic acids is 1. The maximum atomic E-state index is 11.8. The minimum Gasteiger partial charge on any atom is -0.481 e. The fourth-order valence-corrected chi connectivity index (χ4v) is 4.84. The summed E-state index contributed by atoms with van der Waals surface area (Å²) in [7, 11) is 0. The molecule has 12 N–H and O–H groups in total. The molecule has 0 spiro atoms. The molecule has 0 aromatic heterocycles. The van der Waals surface area contributed by atoms with Gasteiger partial charge in [-0.2, -0.15) is 0 Å². The van der Waals surface area contributed by atoms with Crippen molar-refractivity contribution in [1.82, 2.24) is 5.32 Å². The summed E-state index contributed by atoms with van der Waals surface area (Å²) in [5.74, 6) is -1.06. The van der Waals surface area contributed by atoms with Crippen molar-refractivity contribution < 1.29 is 98.9 Å². The van der Waals surface area contributed by atoms with Gasteiger partial charge in [0.15, 0.2) is 18.9 Å². The van der Waals surface area contributed by atoms with E-state index in [0.29, 0.717) is 0 Å². The number of amides is 1. The zero-order chi connectivity index (χ0) is 34.1. The van der Waals surface area contributed by atoms with Crippen LogP contribution in [-0.4, -0.2) is 200 Å². The van der Waals surface area contributed by atoms with Gasteiger partial charge in [-0.1, -0.05) is 0 Å². The number of aliphatic hydroxyl groups is 10. The lowest BCUT2D eigenvalue weighted by molar-refractivity contribution is -0.366. The highest BCUT2D eigenvalue weighted by Crippen LogP contribution is 2.30. The molecule has 0 aromatic rings. The topological polar surface area (TPSA) is 333 Å². The molecule has 0 radical (unpaired) electrons. The van der Waals surface area contributed by atoms with Crippen LogP contribution in [0.3, 0.4) is 0 Å². The Hall–Kier alpha value is -1.90. The van der Waals surface area contributed by atoms with Crippen molar-refractivity contribution in [2.24, 2.45) is 0 Å². The van der Waals surface area contributed by atoms with Gasteiger partial charge in [0.2, 0.25) is 0 Å². The molecule has 0 aliphatic carbocycles. The van der Waals surface area contributed by atoms with Gasteiger partial charge in [-0.15, -0.1) is 0 Å². The van der Waals surface area contributed by atoms with Crippen LogP contribution in [0.15, 0.2) is 0 Å². The lowest BCUT2D eigenvalue weighted by Gasteiger charge is -2.46. The Kier molecular flexibility index (Phi) is 15.1. The summed E-state index contributed by atoms with van der Waals surface area (Å²) in [5.41, 5.74) is 0. The molecule has 0 unspecified atom stereocenters. The second-order valence-electron chi connectivity index (χ2n) is 10.8. The monoisotopic (exact) mass is 677 g/mol. The standard InChI is InChI=1S/C25H43NO20/c27-6-9-13(31)16(34)18(36)22(43-9)42-8-11-15(33)21(46-24-19(37)17(35)14(32)10(7-28)44-24)20(38)23(45-11)40-5-3-26-25(39)41-4-1-2-12(29)30/h9-11,13-24,27-28,31-38H,1-8H2,(H,26,39)(H,29,30)/t9-,10-,11-,13-,14-,15-,16+,17+,18+,19+,20+,21+,22+,23-,24-/m1/s1. The van der Waals surface area contributed by atoms with E-state index in [4.69, 9.17) is 38.3 Å². The summed E-state index contributed by atoms with van der Waals surface area (Å²) in [6.07, 6.45) is -26.3. The van der Waals surface area contributed by atoms with Crippen LogP contribution >= 0.6 is 0 Å². The molecule has 21 heteroatoms. The van der Waals surface area contributed by atoms with E-state index in [0.717, 1.165) is 0 Å². The van der Waals surface area contributed by atoms with E-state index in [9.17, 15) is 60.7 Å². The van der Waals surface area contributed by atoms with Gasteiger partial charge in [-0.05, 0) is 6.42 Å². The van der Waals surface area contributed by atoms with Crippen molar-refractivity contribution in [2.75, 3.05) is 39.6 Å². The number of ether oxygens (including phenoxy) is 7. The molecular formula is C25H43NO20. The van der Waals surface area contributed by atoms with Crippen molar-refractivity contribution in [3.8, 4) is 0 Å². The molecule has 46 heavy (non-hydrogen) atoms. The van der Waals surface area contributed by atoms with Crippen LogP contribution in [0.25, 0.3) is 0 Å². The average molecular weight is 678 g/mol. The quantitative estimate of drug-likeness (QED) is 0.0716. The number of carbonyl (C=O) groups is 2. The Labute approximate surface area is 261 Å². The van der Waals surface area contributed by atoms with E-state index in [1.807, 2.05) is 0 Å². The molecule has 3 saturated heterocycles. The Morgan fingerprint density at radius 2 is 1.17 bits per heavy atom. The Morgan fingerprint density at radius 3 is 1.76 bits per heavy atom. The Balaban J connectivity index is 1.67. The third-order valence-corrected chi connectivity index (χ3v) is 7.48.